The molecule has 5 heteroatoms. The number of pyridine rings is 1. The Kier molecular flexibility index (Phi) is 5.39. The number of nitrogens with zero attached hydrogens (tertiary/aromatic N) is 3. The van der Waals surface area contributed by atoms with Gasteiger partial charge in [-0.05, 0) is 49.6 Å². The van der Waals surface area contributed by atoms with Crippen LogP contribution in [0.5, 0.6) is 0 Å². The first-order valence-electron chi connectivity index (χ1n) is 10.5. The van der Waals surface area contributed by atoms with Crippen molar-refractivity contribution in [3.8, 4) is 0 Å². The molecule has 0 N–H and O–H groups in total. The molecule has 1 aromatic carbocycles. The van der Waals surface area contributed by atoms with Crippen LogP contribution < -0.4 is 4.90 Å². The molecule has 1 aromatic heterocycles. The third-order valence-corrected chi connectivity index (χ3v) is 6.73. The molecule has 2 fully saturated rings. The van der Waals surface area contributed by atoms with Crippen LogP contribution in [0.4, 0.5) is 5.69 Å². The van der Waals surface area contributed by atoms with Crippen molar-refractivity contribution in [1.82, 2.24) is 9.88 Å². The average molecular weight is 392 g/mol. The third kappa shape index (κ3) is 3.78. The van der Waals surface area contributed by atoms with Gasteiger partial charge in [-0.2, -0.15) is 0 Å². The number of likely N-dealkylation sites (tertiary alicyclic amines) is 1. The summed E-state index contributed by atoms with van der Waals surface area (Å²) in [4.78, 5) is 34.4. The summed E-state index contributed by atoms with van der Waals surface area (Å²) in [7, 11) is 1.86. The number of hydrogen-bond donors (Lipinski definition) is 0. The Morgan fingerprint density at radius 1 is 1.10 bits per heavy atom. The SMILES string of the molecule is Cc1cccc(N(C)C(=O)C2CN(C(=O)c3ccncc3)CC23CCCCC3)c1. The van der Waals surface area contributed by atoms with Crippen molar-refractivity contribution in [3.05, 3.63) is 59.9 Å². The van der Waals surface area contributed by atoms with Gasteiger partial charge in [-0.3, -0.25) is 14.6 Å². The number of rotatable bonds is 3. The molecular weight excluding hydrogens is 362 g/mol. The van der Waals surface area contributed by atoms with Gasteiger partial charge in [0.2, 0.25) is 5.91 Å². The molecule has 1 saturated heterocycles. The maximum absolute atomic E-state index is 13.6. The number of hydrogen-bond acceptors (Lipinski definition) is 3. The second-order valence-corrected chi connectivity index (χ2v) is 8.63. The number of carbonyl (C=O) groups excluding carboxylic acids is 2. The molecule has 1 unspecified atom stereocenters. The first-order chi connectivity index (χ1) is 14.0. The minimum absolute atomic E-state index is 0.00542. The van der Waals surface area contributed by atoms with Crippen LogP contribution in [0.2, 0.25) is 0 Å². The Balaban J connectivity index is 1.61. The lowest BCUT2D eigenvalue weighted by Crippen LogP contribution is -2.43. The van der Waals surface area contributed by atoms with Crippen LogP contribution in [0.25, 0.3) is 0 Å². The molecule has 0 radical (unpaired) electrons. The summed E-state index contributed by atoms with van der Waals surface area (Å²) in [6, 6.07) is 11.6. The van der Waals surface area contributed by atoms with Crippen LogP contribution >= 0.6 is 0 Å². The number of carbonyl (C=O) groups is 2. The van der Waals surface area contributed by atoms with E-state index in [1.165, 1.54) is 6.42 Å². The van der Waals surface area contributed by atoms with E-state index in [0.717, 1.165) is 36.9 Å². The fourth-order valence-electron chi connectivity index (χ4n) is 5.10. The van der Waals surface area contributed by atoms with E-state index in [9.17, 15) is 9.59 Å². The summed E-state index contributed by atoms with van der Waals surface area (Å²) in [5, 5.41) is 0. The Morgan fingerprint density at radius 3 is 2.52 bits per heavy atom. The summed E-state index contributed by atoms with van der Waals surface area (Å²) >= 11 is 0. The zero-order chi connectivity index (χ0) is 20.4. The highest BCUT2D eigenvalue weighted by Crippen LogP contribution is 2.48. The molecule has 0 bridgehead atoms. The predicted molar refractivity (Wildman–Crippen MR) is 114 cm³/mol. The van der Waals surface area contributed by atoms with Crippen LogP contribution in [0.1, 0.15) is 48.0 Å². The normalized spacial score (nSPS) is 20.6. The van der Waals surface area contributed by atoms with Gasteiger partial charge in [-0.25, -0.2) is 0 Å². The zero-order valence-corrected chi connectivity index (χ0v) is 17.3. The molecular formula is C24H29N3O2. The first-order valence-corrected chi connectivity index (χ1v) is 10.5. The first kappa shape index (κ1) is 19.6. The maximum Gasteiger partial charge on any atom is 0.254 e. The van der Waals surface area contributed by atoms with Gasteiger partial charge >= 0.3 is 0 Å². The quantitative estimate of drug-likeness (QED) is 0.792. The van der Waals surface area contributed by atoms with Crippen molar-refractivity contribution >= 4 is 17.5 Å². The Labute approximate surface area is 172 Å². The number of anilines is 1. The van der Waals surface area contributed by atoms with Crippen LogP contribution in [-0.2, 0) is 4.79 Å². The molecule has 1 aliphatic heterocycles. The predicted octanol–water partition coefficient (Wildman–Crippen LogP) is 4.08. The maximum atomic E-state index is 13.6. The Bertz CT molecular complexity index is 890. The zero-order valence-electron chi connectivity index (χ0n) is 17.3. The number of benzene rings is 1. The minimum atomic E-state index is -0.154. The molecule has 152 valence electrons. The number of aromatic nitrogens is 1. The standard InChI is InChI=1S/C24H29N3O2/c1-18-7-6-8-20(15-18)26(2)23(29)21-16-27(17-24(21)11-4-3-5-12-24)22(28)19-9-13-25-14-10-19/h6-10,13-15,21H,3-5,11-12,16-17H2,1-2H3. The van der Waals surface area contributed by atoms with Gasteiger partial charge in [0.25, 0.3) is 5.91 Å². The van der Waals surface area contributed by atoms with Crippen LogP contribution in [-0.4, -0.2) is 41.8 Å². The molecule has 1 spiro atoms. The van der Waals surface area contributed by atoms with Crippen molar-refractivity contribution in [1.29, 1.82) is 0 Å². The third-order valence-electron chi connectivity index (χ3n) is 6.73. The molecule has 5 nitrogen and oxygen atoms in total. The molecule has 2 aliphatic rings. The van der Waals surface area contributed by atoms with E-state index in [4.69, 9.17) is 0 Å². The van der Waals surface area contributed by atoms with E-state index in [1.807, 2.05) is 43.1 Å². The molecule has 2 heterocycles. The fourth-order valence-corrected chi connectivity index (χ4v) is 5.10. The second-order valence-electron chi connectivity index (χ2n) is 8.63. The molecule has 1 saturated carbocycles. The summed E-state index contributed by atoms with van der Waals surface area (Å²) in [5.74, 6) is -0.0208. The van der Waals surface area contributed by atoms with E-state index in [2.05, 4.69) is 4.98 Å². The average Bonchev–Trinajstić information content (AvgIpc) is 3.11. The Hall–Kier alpha value is -2.69. The van der Waals surface area contributed by atoms with E-state index in [0.29, 0.717) is 18.7 Å². The number of amides is 2. The van der Waals surface area contributed by atoms with E-state index >= 15 is 0 Å². The van der Waals surface area contributed by atoms with Gasteiger partial charge < -0.3 is 9.80 Å². The molecule has 29 heavy (non-hydrogen) atoms. The van der Waals surface area contributed by atoms with Gasteiger partial charge in [0.1, 0.15) is 0 Å². The van der Waals surface area contributed by atoms with E-state index < -0.39 is 0 Å². The highest BCUT2D eigenvalue weighted by molar-refractivity contribution is 5.98. The van der Waals surface area contributed by atoms with Crippen molar-refractivity contribution in [2.24, 2.45) is 11.3 Å². The van der Waals surface area contributed by atoms with Crippen LogP contribution in [0, 0.1) is 18.3 Å². The van der Waals surface area contributed by atoms with Crippen LogP contribution in [0.15, 0.2) is 48.8 Å². The molecule has 2 aromatic rings. The lowest BCUT2D eigenvalue weighted by atomic mass is 9.67. The fraction of sp³-hybridized carbons (Fsp3) is 0.458. The van der Waals surface area contributed by atoms with E-state index in [1.54, 1.807) is 29.4 Å². The van der Waals surface area contributed by atoms with E-state index in [-0.39, 0.29) is 23.1 Å². The van der Waals surface area contributed by atoms with Crippen molar-refractivity contribution in [2.75, 3.05) is 25.0 Å². The number of aryl methyl sites for hydroxylation is 1. The second kappa shape index (κ2) is 7.97. The highest BCUT2D eigenvalue weighted by Gasteiger charge is 2.52. The topological polar surface area (TPSA) is 53.5 Å². The summed E-state index contributed by atoms with van der Waals surface area (Å²) in [6.45, 7) is 3.21. The van der Waals surface area contributed by atoms with Gasteiger partial charge in [-0.15, -0.1) is 0 Å². The largest absolute Gasteiger partial charge is 0.337 e. The van der Waals surface area contributed by atoms with Gasteiger partial charge in [-0.1, -0.05) is 31.4 Å². The Morgan fingerprint density at radius 2 is 1.83 bits per heavy atom. The van der Waals surface area contributed by atoms with Crippen molar-refractivity contribution in [2.45, 2.75) is 39.0 Å². The molecule has 2 amide bonds. The summed E-state index contributed by atoms with van der Waals surface area (Å²) in [5.41, 5.74) is 2.59. The minimum Gasteiger partial charge on any atom is -0.337 e. The van der Waals surface area contributed by atoms with Crippen molar-refractivity contribution < 1.29 is 9.59 Å². The summed E-state index contributed by atoms with van der Waals surface area (Å²) < 4.78 is 0. The molecule has 1 atom stereocenters. The lowest BCUT2D eigenvalue weighted by Gasteiger charge is -2.38. The highest BCUT2D eigenvalue weighted by atomic mass is 16.2. The molecule has 1 aliphatic carbocycles. The smallest absolute Gasteiger partial charge is 0.254 e. The van der Waals surface area contributed by atoms with Gasteiger partial charge in [0, 0.05) is 49.2 Å². The van der Waals surface area contributed by atoms with Crippen molar-refractivity contribution in [3.63, 3.8) is 0 Å². The molecule has 4 rings (SSSR count). The monoisotopic (exact) mass is 391 g/mol. The van der Waals surface area contributed by atoms with Gasteiger partial charge in [0.05, 0.1) is 5.92 Å². The van der Waals surface area contributed by atoms with Crippen LogP contribution in [0.3, 0.4) is 0 Å². The van der Waals surface area contributed by atoms with Gasteiger partial charge in [0.15, 0.2) is 0 Å². The lowest BCUT2D eigenvalue weighted by molar-refractivity contribution is -0.125. The summed E-state index contributed by atoms with van der Waals surface area (Å²) in [6.07, 6.45) is 8.82.